The zero-order valence-electron chi connectivity index (χ0n) is 13.0. The number of benzene rings is 1. The van der Waals surface area contributed by atoms with Crippen molar-refractivity contribution in [3.63, 3.8) is 0 Å². The average molecular weight is 291 g/mol. The van der Waals surface area contributed by atoms with Gasteiger partial charge in [0, 0.05) is 24.8 Å². The molecule has 0 aromatic heterocycles. The van der Waals surface area contributed by atoms with Gasteiger partial charge in [0.25, 0.3) is 0 Å². The molecule has 1 aromatic rings. The first-order valence-corrected chi connectivity index (χ1v) is 7.45. The van der Waals surface area contributed by atoms with Crippen LogP contribution in [0.25, 0.3) is 0 Å². The van der Waals surface area contributed by atoms with Gasteiger partial charge in [-0.1, -0.05) is 6.07 Å². The number of nitrogens with two attached hydrogens (primary N) is 1. The zero-order valence-corrected chi connectivity index (χ0v) is 13.0. The maximum Gasteiger partial charge on any atom is 0.412 e. The van der Waals surface area contributed by atoms with E-state index in [1.807, 2.05) is 32.9 Å². The predicted molar refractivity (Wildman–Crippen MR) is 84.4 cm³/mol. The van der Waals surface area contributed by atoms with Crippen LogP contribution in [0.15, 0.2) is 18.2 Å². The highest BCUT2D eigenvalue weighted by Gasteiger charge is 2.22. The summed E-state index contributed by atoms with van der Waals surface area (Å²) in [4.78, 5) is 11.8. The van der Waals surface area contributed by atoms with Gasteiger partial charge in [0.15, 0.2) is 0 Å². The van der Waals surface area contributed by atoms with Crippen LogP contribution in [0.5, 0.6) is 0 Å². The largest absolute Gasteiger partial charge is 0.444 e. The Balaban J connectivity index is 2.01. The molecular formula is C16H25N3O2. The molecule has 0 radical (unpaired) electrons. The molecule has 0 saturated heterocycles. The SMILES string of the molecule is CC(C)(C)OC(=O)Nc1ccc2c(c1)CCC2NCCN. The first kappa shape index (κ1) is 15.8. The van der Waals surface area contributed by atoms with Crippen LogP contribution in [0.2, 0.25) is 0 Å². The third-order valence-corrected chi connectivity index (χ3v) is 3.40. The van der Waals surface area contributed by atoms with Crippen molar-refractivity contribution in [3.8, 4) is 0 Å². The van der Waals surface area contributed by atoms with Gasteiger partial charge in [-0.05, 0) is 56.9 Å². The topological polar surface area (TPSA) is 76.4 Å². The van der Waals surface area contributed by atoms with Gasteiger partial charge in [0.05, 0.1) is 0 Å². The van der Waals surface area contributed by atoms with Crippen molar-refractivity contribution < 1.29 is 9.53 Å². The molecule has 0 heterocycles. The number of amides is 1. The number of aryl methyl sites for hydroxylation is 1. The van der Waals surface area contributed by atoms with Gasteiger partial charge in [-0.3, -0.25) is 5.32 Å². The van der Waals surface area contributed by atoms with Gasteiger partial charge >= 0.3 is 6.09 Å². The monoisotopic (exact) mass is 291 g/mol. The standard InChI is InChI=1S/C16H25N3O2/c1-16(2,3)21-15(20)19-12-5-6-13-11(10-12)4-7-14(13)18-9-8-17/h5-6,10,14,18H,4,7-9,17H2,1-3H3,(H,19,20). The van der Waals surface area contributed by atoms with Gasteiger partial charge in [-0.25, -0.2) is 4.79 Å². The third kappa shape index (κ3) is 4.44. The third-order valence-electron chi connectivity index (χ3n) is 3.40. The molecule has 0 spiro atoms. The fraction of sp³-hybridized carbons (Fsp3) is 0.562. The smallest absolute Gasteiger partial charge is 0.412 e. The second kappa shape index (κ2) is 6.45. The predicted octanol–water partition coefficient (Wildman–Crippen LogP) is 2.57. The number of nitrogens with one attached hydrogen (secondary N) is 2. The number of carbonyl (C=O) groups is 1. The lowest BCUT2D eigenvalue weighted by molar-refractivity contribution is 0.0636. The number of carbonyl (C=O) groups excluding carboxylic acids is 1. The minimum atomic E-state index is -0.488. The van der Waals surface area contributed by atoms with E-state index < -0.39 is 11.7 Å². The molecule has 1 aromatic carbocycles. The fourth-order valence-corrected chi connectivity index (χ4v) is 2.59. The Morgan fingerprint density at radius 2 is 2.19 bits per heavy atom. The van der Waals surface area contributed by atoms with E-state index in [1.54, 1.807) is 0 Å². The molecule has 1 aliphatic carbocycles. The number of anilines is 1. The number of rotatable bonds is 4. The Hall–Kier alpha value is -1.59. The minimum Gasteiger partial charge on any atom is -0.444 e. The minimum absolute atomic E-state index is 0.374. The van der Waals surface area contributed by atoms with Gasteiger partial charge in [-0.2, -0.15) is 0 Å². The number of hydrogen-bond donors (Lipinski definition) is 3. The Morgan fingerprint density at radius 3 is 2.86 bits per heavy atom. The maximum atomic E-state index is 11.8. The molecule has 21 heavy (non-hydrogen) atoms. The number of fused-ring (bicyclic) bond motifs is 1. The van der Waals surface area contributed by atoms with Crippen LogP contribution in [-0.4, -0.2) is 24.8 Å². The highest BCUT2D eigenvalue weighted by Crippen LogP contribution is 2.32. The Morgan fingerprint density at radius 1 is 1.43 bits per heavy atom. The Kier molecular flexibility index (Phi) is 4.85. The van der Waals surface area contributed by atoms with Crippen LogP contribution in [0.4, 0.5) is 10.5 Å². The van der Waals surface area contributed by atoms with Crippen LogP contribution in [0.3, 0.4) is 0 Å². The van der Waals surface area contributed by atoms with E-state index in [-0.39, 0.29) is 0 Å². The van der Waals surface area contributed by atoms with E-state index in [4.69, 9.17) is 10.5 Å². The second-order valence-corrected chi connectivity index (χ2v) is 6.37. The summed E-state index contributed by atoms with van der Waals surface area (Å²) in [5.74, 6) is 0. The van der Waals surface area contributed by atoms with Crippen LogP contribution < -0.4 is 16.4 Å². The summed E-state index contributed by atoms with van der Waals surface area (Å²) in [7, 11) is 0. The Bertz CT molecular complexity index is 509. The number of ether oxygens (including phenoxy) is 1. The first-order valence-electron chi connectivity index (χ1n) is 7.45. The molecule has 5 nitrogen and oxygen atoms in total. The molecule has 4 N–H and O–H groups in total. The maximum absolute atomic E-state index is 11.8. The van der Waals surface area contributed by atoms with E-state index in [2.05, 4.69) is 16.7 Å². The van der Waals surface area contributed by atoms with Crippen molar-refractivity contribution >= 4 is 11.8 Å². The lowest BCUT2D eigenvalue weighted by Gasteiger charge is -2.20. The lowest BCUT2D eigenvalue weighted by atomic mass is 10.1. The van der Waals surface area contributed by atoms with Crippen LogP contribution >= 0.6 is 0 Å². The summed E-state index contributed by atoms with van der Waals surface area (Å²) < 4.78 is 5.26. The molecule has 1 atom stereocenters. The van der Waals surface area contributed by atoms with Crippen molar-refractivity contribution in [3.05, 3.63) is 29.3 Å². The number of hydrogen-bond acceptors (Lipinski definition) is 4. The van der Waals surface area contributed by atoms with Gasteiger partial charge in [0.1, 0.15) is 5.60 Å². The molecule has 5 heteroatoms. The molecule has 116 valence electrons. The molecule has 1 unspecified atom stereocenters. The van der Waals surface area contributed by atoms with E-state index in [0.29, 0.717) is 12.6 Å². The summed E-state index contributed by atoms with van der Waals surface area (Å²) in [6, 6.07) is 6.40. The van der Waals surface area contributed by atoms with E-state index in [0.717, 1.165) is 25.1 Å². The van der Waals surface area contributed by atoms with Crippen LogP contribution in [0, 0.1) is 0 Å². The highest BCUT2D eigenvalue weighted by atomic mass is 16.6. The quantitative estimate of drug-likeness (QED) is 0.797. The van der Waals surface area contributed by atoms with Crippen LogP contribution in [-0.2, 0) is 11.2 Å². The molecular weight excluding hydrogens is 266 g/mol. The van der Waals surface area contributed by atoms with Crippen LogP contribution in [0.1, 0.15) is 44.4 Å². The van der Waals surface area contributed by atoms with Gasteiger partial charge < -0.3 is 15.8 Å². The van der Waals surface area contributed by atoms with Crippen molar-refractivity contribution in [2.45, 2.75) is 45.3 Å². The fourth-order valence-electron chi connectivity index (χ4n) is 2.59. The lowest BCUT2D eigenvalue weighted by Crippen LogP contribution is -2.27. The van der Waals surface area contributed by atoms with Crippen molar-refractivity contribution in [1.82, 2.24) is 5.32 Å². The van der Waals surface area contributed by atoms with E-state index >= 15 is 0 Å². The van der Waals surface area contributed by atoms with Crippen molar-refractivity contribution in [1.29, 1.82) is 0 Å². The molecule has 2 rings (SSSR count). The zero-order chi connectivity index (χ0) is 15.5. The first-order chi connectivity index (χ1) is 9.89. The summed E-state index contributed by atoms with van der Waals surface area (Å²) in [5, 5.41) is 6.23. The molecule has 0 aliphatic heterocycles. The normalized spacial score (nSPS) is 17.4. The molecule has 0 fully saturated rings. The molecule has 0 bridgehead atoms. The average Bonchev–Trinajstić information content (AvgIpc) is 2.76. The summed E-state index contributed by atoms with van der Waals surface area (Å²) in [6.07, 6.45) is 1.67. The summed E-state index contributed by atoms with van der Waals surface area (Å²) in [6.45, 7) is 7.01. The highest BCUT2D eigenvalue weighted by molar-refractivity contribution is 5.85. The molecule has 1 amide bonds. The molecule has 1 aliphatic rings. The second-order valence-electron chi connectivity index (χ2n) is 6.37. The molecule has 0 saturated carbocycles. The van der Waals surface area contributed by atoms with Crippen molar-refractivity contribution in [2.24, 2.45) is 5.73 Å². The summed E-state index contributed by atoms with van der Waals surface area (Å²) >= 11 is 0. The Labute approximate surface area is 126 Å². The van der Waals surface area contributed by atoms with Gasteiger partial charge in [0.2, 0.25) is 0 Å². The van der Waals surface area contributed by atoms with Gasteiger partial charge in [-0.15, -0.1) is 0 Å². The van der Waals surface area contributed by atoms with Crippen molar-refractivity contribution in [2.75, 3.05) is 18.4 Å². The van der Waals surface area contributed by atoms with E-state index in [9.17, 15) is 4.79 Å². The van der Waals surface area contributed by atoms with E-state index in [1.165, 1.54) is 11.1 Å². The summed E-state index contributed by atoms with van der Waals surface area (Å²) in [5.41, 5.74) is 8.40.